The van der Waals surface area contributed by atoms with Crippen molar-refractivity contribution in [2.24, 2.45) is 0 Å². The van der Waals surface area contributed by atoms with Crippen molar-refractivity contribution in [3.05, 3.63) is 142 Å². The smallest absolute Gasteiger partial charge is 0.272 e. The Balaban J connectivity index is 1.23. The molecule has 0 spiro atoms. The van der Waals surface area contributed by atoms with Crippen molar-refractivity contribution < 1.29 is 14.4 Å². The fourth-order valence-electron chi connectivity index (χ4n) is 4.16. The zero-order chi connectivity index (χ0) is 30.2. The highest BCUT2D eigenvalue weighted by Crippen LogP contribution is 2.25. The van der Waals surface area contributed by atoms with E-state index in [1.807, 2.05) is 54.6 Å². The second-order valence-electron chi connectivity index (χ2n) is 9.42. The molecule has 0 heterocycles. The summed E-state index contributed by atoms with van der Waals surface area (Å²) in [4.78, 5) is 39.6. The lowest BCUT2D eigenvalue weighted by atomic mass is 10.1. The zero-order valence-electron chi connectivity index (χ0n) is 22.6. The van der Waals surface area contributed by atoms with Gasteiger partial charge in [-0.3, -0.25) is 14.4 Å². The molecule has 0 aliphatic carbocycles. The fraction of sp³-hybridized carbons (Fsp3) is 0.0294. The van der Waals surface area contributed by atoms with Gasteiger partial charge in [0.15, 0.2) is 0 Å². The van der Waals surface area contributed by atoms with Gasteiger partial charge in [-0.25, -0.2) is 0 Å². The lowest BCUT2D eigenvalue weighted by molar-refractivity contribution is -0.114. The Morgan fingerprint density at radius 2 is 1.40 bits per heavy atom. The number of carbonyl (C=O) groups excluding carboxylic acids is 3. The third kappa shape index (κ3) is 8.26. The van der Waals surface area contributed by atoms with E-state index >= 15 is 0 Å². The molecule has 43 heavy (non-hydrogen) atoms. The van der Waals surface area contributed by atoms with Gasteiger partial charge in [-0.05, 0) is 83.1 Å². The Hall–Kier alpha value is -4.56. The second kappa shape index (κ2) is 14.1. The van der Waals surface area contributed by atoms with Crippen LogP contribution in [0.5, 0.6) is 0 Å². The molecule has 0 aromatic heterocycles. The maximum absolute atomic E-state index is 13.3. The van der Waals surface area contributed by atoms with Crippen LogP contribution in [0.25, 0.3) is 16.8 Å². The van der Waals surface area contributed by atoms with Crippen LogP contribution in [0.2, 0.25) is 10.0 Å². The van der Waals surface area contributed by atoms with E-state index in [2.05, 4.69) is 16.0 Å². The quantitative estimate of drug-likeness (QED) is 0.114. The Morgan fingerprint density at radius 1 is 0.698 bits per heavy atom. The molecule has 5 aromatic rings. The monoisotopic (exact) mass is 625 g/mol. The summed E-state index contributed by atoms with van der Waals surface area (Å²) in [6.45, 7) is 0. The summed E-state index contributed by atoms with van der Waals surface area (Å²) in [7, 11) is 0. The summed E-state index contributed by atoms with van der Waals surface area (Å²) >= 11 is 13.7. The molecule has 6 nitrogen and oxygen atoms in total. The minimum atomic E-state index is -0.537. The van der Waals surface area contributed by atoms with Crippen LogP contribution in [-0.4, -0.2) is 23.5 Å². The third-order valence-corrected chi connectivity index (χ3v) is 7.88. The Bertz CT molecular complexity index is 1830. The zero-order valence-corrected chi connectivity index (χ0v) is 25.0. The number of rotatable bonds is 9. The van der Waals surface area contributed by atoms with Crippen LogP contribution in [0.3, 0.4) is 0 Å². The van der Waals surface area contributed by atoms with E-state index < -0.39 is 11.8 Å². The molecular weight excluding hydrogens is 601 g/mol. The third-order valence-electron chi connectivity index (χ3n) is 6.31. The number of hydrogen-bond donors (Lipinski definition) is 3. The van der Waals surface area contributed by atoms with Gasteiger partial charge in [0.05, 0.1) is 5.75 Å². The first-order chi connectivity index (χ1) is 20.8. The van der Waals surface area contributed by atoms with Crippen molar-refractivity contribution in [3.63, 3.8) is 0 Å². The van der Waals surface area contributed by atoms with E-state index in [9.17, 15) is 14.4 Å². The molecule has 0 aliphatic rings. The number of hydrogen-bond acceptors (Lipinski definition) is 4. The lowest BCUT2D eigenvalue weighted by Gasteiger charge is -2.12. The largest absolute Gasteiger partial charge is 0.325 e. The average Bonchev–Trinajstić information content (AvgIpc) is 3.02. The molecule has 0 bridgehead atoms. The van der Waals surface area contributed by atoms with Gasteiger partial charge in [-0.15, -0.1) is 11.8 Å². The summed E-state index contributed by atoms with van der Waals surface area (Å²) in [6, 6.07) is 34.3. The van der Waals surface area contributed by atoms with Gasteiger partial charge in [0.25, 0.3) is 11.8 Å². The first kappa shape index (κ1) is 29.9. The van der Waals surface area contributed by atoms with Gasteiger partial charge in [0.1, 0.15) is 5.70 Å². The molecule has 3 amide bonds. The number of halogens is 2. The van der Waals surface area contributed by atoms with E-state index in [0.29, 0.717) is 26.9 Å². The van der Waals surface area contributed by atoms with E-state index in [-0.39, 0.29) is 17.4 Å². The highest BCUT2D eigenvalue weighted by atomic mass is 35.5. The number of benzene rings is 5. The Morgan fingerprint density at radius 3 is 2.14 bits per heavy atom. The van der Waals surface area contributed by atoms with Gasteiger partial charge < -0.3 is 16.0 Å². The van der Waals surface area contributed by atoms with Gasteiger partial charge in [-0.1, -0.05) is 77.8 Å². The second-order valence-corrected chi connectivity index (χ2v) is 11.3. The van der Waals surface area contributed by atoms with Crippen LogP contribution < -0.4 is 16.0 Å². The van der Waals surface area contributed by atoms with Gasteiger partial charge in [0.2, 0.25) is 5.91 Å². The van der Waals surface area contributed by atoms with Gasteiger partial charge in [0, 0.05) is 31.9 Å². The molecule has 0 aliphatic heterocycles. The van der Waals surface area contributed by atoms with Crippen molar-refractivity contribution in [1.82, 2.24) is 5.32 Å². The Kier molecular flexibility index (Phi) is 9.79. The number of carbonyl (C=O) groups is 3. The van der Waals surface area contributed by atoms with Crippen molar-refractivity contribution in [3.8, 4) is 0 Å². The molecule has 5 aromatic carbocycles. The van der Waals surface area contributed by atoms with Crippen LogP contribution in [0.4, 0.5) is 11.4 Å². The normalized spacial score (nSPS) is 11.2. The lowest BCUT2D eigenvalue weighted by Crippen LogP contribution is -2.30. The molecule has 3 N–H and O–H groups in total. The molecular formula is C34H25Cl2N3O3S. The minimum absolute atomic E-state index is 0.00175. The van der Waals surface area contributed by atoms with E-state index in [0.717, 1.165) is 21.4 Å². The predicted molar refractivity (Wildman–Crippen MR) is 177 cm³/mol. The summed E-state index contributed by atoms with van der Waals surface area (Å²) in [5.74, 6) is -0.882. The number of amides is 3. The molecule has 214 valence electrons. The highest BCUT2D eigenvalue weighted by molar-refractivity contribution is 8.00. The maximum atomic E-state index is 13.3. The molecule has 5 rings (SSSR count). The van der Waals surface area contributed by atoms with Crippen LogP contribution in [0.15, 0.2) is 126 Å². The molecule has 9 heteroatoms. The topological polar surface area (TPSA) is 87.3 Å². The first-order valence-corrected chi connectivity index (χ1v) is 14.9. The molecule has 0 saturated heterocycles. The van der Waals surface area contributed by atoms with Crippen LogP contribution in [-0.2, 0) is 9.59 Å². The summed E-state index contributed by atoms with van der Waals surface area (Å²) in [5, 5.41) is 11.4. The first-order valence-electron chi connectivity index (χ1n) is 13.2. The summed E-state index contributed by atoms with van der Waals surface area (Å²) in [6.07, 6.45) is 1.49. The van der Waals surface area contributed by atoms with E-state index in [1.54, 1.807) is 60.7 Å². The molecule has 0 saturated carbocycles. The number of anilines is 2. The van der Waals surface area contributed by atoms with Crippen molar-refractivity contribution in [1.29, 1.82) is 0 Å². The number of nitrogens with one attached hydrogen (secondary N) is 3. The summed E-state index contributed by atoms with van der Waals surface area (Å²) in [5.41, 5.74) is 2.16. The van der Waals surface area contributed by atoms with Crippen LogP contribution in [0.1, 0.15) is 15.9 Å². The standard InChI is InChI=1S/C34H25Cl2N3O3S/c35-26-12-10-25(30(36)20-26)19-31(39-33(41)23-7-2-1-3-8-23)34(42)38-27-14-16-29(17-15-27)43-21-32(40)37-28-13-11-22-6-4-5-9-24(22)18-28/h1-20H,21H2,(H,37,40)(H,38,42)(H,39,41)/b31-19-. The molecule has 0 fully saturated rings. The molecule has 0 unspecified atom stereocenters. The van der Waals surface area contributed by atoms with Crippen molar-refractivity contribution in [2.45, 2.75) is 4.90 Å². The molecule has 0 atom stereocenters. The van der Waals surface area contributed by atoms with Crippen LogP contribution in [0, 0.1) is 0 Å². The maximum Gasteiger partial charge on any atom is 0.272 e. The summed E-state index contributed by atoms with van der Waals surface area (Å²) < 4.78 is 0. The SMILES string of the molecule is O=C(CSc1ccc(NC(=O)/C(=C/c2ccc(Cl)cc2Cl)NC(=O)c2ccccc2)cc1)Nc1ccc2ccccc2c1. The van der Waals surface area contributed by atoms with Crippen molar-refractivity contribution >= 4 is 80.9 Å². The van der Waals surface area contributed by atoms with Crippen molar-refractivity contribution in [2.75, 3.05) is 16.4 Å². The average molecular weight is 627 g/mol. The number of fused-ring (bicyclic) bond motifs is 1. The van der Waals surface area contributed by atoms with Gasteiger partial charge in [-0.2, -0.15) is 0 Å². The fourth-order valence-corrected chi connectivity index (χ4v) is 5.32. The van der Waals surface area contributed by atoms with Crippen LogP contribution >= 0.6 is 35.0 Å². The van der Waals surface area contributed by atoms with Gasteiger partial charge >= 0.3 is 0 Å². The number of thioether (sulfide) groups is 1. The molecule has 0 radical (unpaired) electrons. The predicted octanol–water partition coefficient (Wildman–Crippen LogP) is 8.29. The van der Waals surface area contributed by atoms with E-state index in [4.69, 9.17) is 23.2 Å². The highest BCUT2D eigenvalue weighted by Gasteiger charge is 2.16. The van der Waals surface area contributed by atoms with E-state index in [1.165, 1.54) is 17.8 Å². The Labute approximate surface area is 263 Å². The minimum Gasteiger partial charge on any atom is -0.325 e.